The third kappa shape index (κ3) is 3.38. The van der Waals surface area contributed by atoms with E-state index in [-0.39, 0.29) is 10.0 Å². The lowest BCUT2D eigenvalue weighted by Crippen LogP contribution is -2.11. The molecule has 0 amide bonds. The van der Waals surface area contributed by atoms with Crippen molar-refractivity contribution in [3.63, 3.8) is 0 Å². The van der Waals surface area contributed by atoms with E-state index in [1.165, 1.54) is 24.3 Å². The van der Waals surface area contributed by atoms with Crippen LogP contribution >= 0.6 is 15.9 Å². The molecule has 0 saturated heterocycles. The lowest BCUT2D eigenvalue weighted by atomic mass is 10.2. The minimum Gasteiger partial charge on any atom is -0.201 e. The second-order valence-electron chi connectivity index (χ2n) is 4.60. The maximum atomic E-state index is 13.5. The summed E-state index contributed by atoms with van der Waals surface area (Å²) in [4.78, 5) is 0. The van der Waals surface area contributed by atoms with Crippen LogP contribution in [0, 0.1) is 11.3 Å². The van der Waals surface area contributed by atoms with Gasteiger partial charge in [-0.3, -0.25) is 0 Å². The van der Waals surface area contributed by atoms with Crippen molar-refractivity contribution in [1.82, 2.24) is 0 Å². The smallest absolute Gasteiger partial charge is 0.201 e. The van der Waals surface area contributed by atoms with Crippen molar-refractivity contribution >= 4 is 20.4 Å². The zero-order valence-electron chi connectivity index (χ0n) is 11.4. The van der Waals surface area contributed by atoms with Crippen molar-refractivity contribution in [1.29, 1.82) is 5.26 Å². The number of alkyl halides is 6. The van der Waals surface area contributed by atoms with Crippen LogP contribution in [0.3, 0.4) is 0 Å². The van der Waals surface area contributed by atoms with Gasteiger partial charge in [0.25, 0.3) is 0 Å². The molecular formula is C15H5BrF7N. The van der Waals surface area contributed by atoms with Gasteiger partial charge in [0.1, 0.15) is 11.6 Å². The highest BCUT2D eigenvalue weighted by Gasteiger charge is 2.52. The van der Waals surface area contributed by atoms with Crippen molar-refractivity contribution in [2.75, 3.05) is 0 Å². The number of benzene rings is 1. The van der Waals surface area contributed by atoms with Crippen molar-refractivity contribution in [2.45, 2.75) is 12.4 Å². The van der Waals surface area contributed by atoms with Crippen LogP contribution in [0.4, 0.5) is 30.7 Å². The highest BCUT2D eigenvalue weighted by atomic mass is 79.9. The van der Waals surface area contributed by atoms with Crippen LogP contribution < -0.4 is 0 Å². The first-order valence-corrected chi connectivity index (χ1v) is 6.94. The van der Waals surface area contributed by atoms with E-state index in [4.69, 9.17) is 5.26 Å². The zero-order chi connectivity index (χ0) is 18.3. The molecule has 1 aliphatic carbocycles. The predicted octanol–water partition coefficient (Wildman–Crippen LogP) is 5.97. The fourth-order valence-electron chi connectivity index (χ4n) is 2.01. The van der Waals surface area contributed by atoms with Crippen molar-refractivity contribution < 1.29 is 30.7 Å². The van der Waals surface area contributed by atoms with Gasteiger partial charge < -0.3 is 0 Å². The van der Waals surface area contributed by atoms with E-state index >= 15 is 0 Å². The highest BCUT2D eigenvalue weighted by Crippen LogP contribution is 2.58. The molecular weight excluding hydrogens is 407 g/mol. The van der Waals surface area contributed by atoms with E-state index in [1.54, 1.807) is 6.07 Å². The highest BCUT2D eigenvalue weighted by molar-refractivity contribution is 9.15. The molecule has 1 nitrogen and oxygen atoms in total. The first-order valence-electron chi connectivity index (χ1n) is 6.15. The molecule has 0 aliphatic heterocycles. The molecule has 0 radical (unpaired) electrons. The number of halogens is 8. The first-order chi connectivity index (χ1) is 11.0. The van der Waals surface area contributed by atoms with Crippen LogP contribution in [0.5, 0.6) is 0 Å². The Morgan fingerprint density at radius 1 is 0.875 bits per heavy atom. The molecule has 0 N–H and O–H groups in total. The summed E-state index contributed by atoms with van der Waals surface area (Å²) in [5, 5.41) is 8.65. The number of hydrogen-bond donors (Lipinski definition) is 0. The van der Waals surface area contributed by atoms with E-state index < -0.39 is 40.5 Å². The minimum absolute atomic E-state index is 0.163. The average Bonchev–Trinajstić information content (AvgIpc) is 3.19. The Morgan fingerprint density at radius 3 is 1.83 bits per heavy atom. The van der Waals surface area contributed by atoms with Crippen LogP contribution in [0.2, 0.25) is 0 Å². The predicted molar refractivity (Wildman–Crippen MR) is 75.2 cm³/mol. The Balaban J connectivity index is 2.80. The normalized spacial score (nSPS) is 21.1. The molecule has 0 spiro atoms. The third-order valence-electron chi connectivity index (χ3n) is 3.05. The summed E-state index contributed by atoms with van der Waals surface area (Å²) in [5.41, 5.74) is -4.60. The zero-order valence-corrected chi connectivity index (χ0v) is 12.9. The Kier molecular flexibility index (Phi) is 4.63. The molecule has 0 unspecified atom stereocenters. The molecule has 0 heterocycles. The van der Waals surface area contributed by atoms with E-state index in [0.29, 0.717) is 0 Å². The summed E-state index contributed by atoms with van der Waals surface area (Å²) in [6.45, 7) is 0. The summed E-state index contributed by atoms with van der Waals surface area (Å²) in [5.74, 6) is -2.67. The summed E-state index contributed by atoms with van der Waals surface area (Å²) < 4.78 is 89.6. The summed E-state index contributed by atoms with van der Waals surface area (Å²) in [6, 6.07) is 8.22. The number of hydrogen-bond acceptors (Lipinski definition) is 1. The molecule has 1 fully saturated rings. The van der Waals surface area contributed by atoms with Gasteiger partial charge in [-0.15, -0.1) is 0 Å². The molecule has 1 saturated carbocycles. The van der Waals surface area contributed by atoms with Gasteiger partial charge in [-0.05, 0) is 21.5 Å². The topological polar surface area (TPSA) is 23.8 Å². The van der Waals surface area contributed by atoms with Gasteiger partial charge in [0.15, 0.2) is 0 Å². The largest absolute Gasteiger partial charge is 0.443 e. The van der Waals surface area contributed by atoms with Crippen molar-refractivity contribution in [2.24, 2.45) is 0 Å². The Hall–Kier alpha value is -2.08. The Bertz CT molecular complexity index is 805. The van der Waals surface area contributed by atoms with Gasteiger partial charge in [0, 0.05) is 21.2 Å². The van der Waals surface area contributed by atoms with E-state index in [2.05, 4.69) is 15.9 Å². The molecule has 0 aromatic heterocycles. The monoisotopic (exact) mass is 411 g/mol. The Morgan fingerprint density at radius 2 is 1.42 bits per heavy atom. The van der Waals surface area contributed by atoms with Crippen molar-refractivity contribution in [3.05, 3.63) is 64.0 Å². The number of nitriles is 1. The van der Waals surface area contributed by atoms with Crippen LogP contribution in [0.25, 0.3) is 4.48 Å². The molecule has 126 valence electrons. The van der Waals surface area contributed by atoms with Gasteiger partial charge in [-0.2, -0.15) is 31.6 Å². The quantitative estimate of drug-likeness (QED) is 0.412. The molecule has 9 heteroatoms. The average molecular weight is 412 g/mol. The lowest BCUT2D eigenvalue weighted by molar-refractivity contribution is -0.109. The second-order valence-corrected chi connectivity index (χ2v) is 5.39. The second kappa shape index (κ2) is 6.09. The van der Waals surface area contributed by atoms with Gasteiger partial charge in [0.05, 0.1) is 0 Å². The summed E-state index contributed by atoms with van der Waals surface area (Å²) in [6.07, 6.45) is -10.7. The third-order valence-corrected chi connectivity index (χ3v) is 3.90. The maximum absolute atomic E-state index is 13.5. The fraction of sp³-hybridized carbons (Fsp3) is 0.133. The maximum Gasteiger partial charge on any atom is 0.443 e. The first kappa shape index (κ1) is 18.3. The van der Waals surface area contributed by atoms with Crippen LogP contribution in [0.1, 0.15) is 5.56 Å². The molecule has 24 heavy (non-hydrogen) atoms. The fourth-order valence-corrected chi connectivity index (χ4v) is 2.67. The minimum atomic E-state index is -5.46. The lowest BCUT2D eigenvalue weighted by Gasteiger charge is -2.02. The number of allylic oxidation sites excluding steroid dienone is 5. The number of rotatable bonds is 1. The molecule has 1 aliphatic rings. The molecule has 0 atom stereocenters. The van der Waals surface area contributed by atoms with Crippen LogP contribution in [-0.4, -0.2) is 12.4 Å². The van der Waals surface area contributed by atoms with Crippen LogP contribution in [0.15, 0.2) is 58.5 Å². The molecule has 1 aromatic rings. The van der Waals surface area contributed by atoms with Crippen LogP contribution in [-0.2, 0) is 0 Å². The SMILES string of the molecule is N#CC(=C1C(=C(Br)c2ccccc2)C1=C(F)C(F)(F)F)C(F)(F)F. The van der Waals surface area contributed by atoms with Gasteiger partial charge in [-0.25, -0.2) is 4.39 Å². The van der Waals surface area contributed by atoms with Gasteiger partial charge in [0.2, 0.25) is 5.83 Å². The van der Waals surface area contributed by atoms with E-state index in [0.717, 1.165) is 6.07 Å². The molecule has 2 rings (SSSR count). The summed E-state index contributed by atoms with van der Waals surface area (Å²) in [7, 11) is 0. The number of nitrogens with zero attached hydrogens (tertiary/aromatic N) is 1. The molecule has 1 aromatic carbocycles. The van der Waals surface area contributed by atoms with E-state index in [9.17, 15) is 30.7 Å². The van der Waals surface area contributed by atoms with E-state index in [1.807, 2.05) is 0 Å². The standard InChI is InChI=1S/C15H5BrF7N/c16-12(7-4-2-1-3-5-7)10-9(8(6-24)14(18,19)20)11(10)13(17)15(21,22)23/h1-5H. The van der Waals surface area contributed by atoms with Gasteiger partial charge in [-0.1, -0.05) is 30.3 Å². The van der Waals surface area contributed by atoms with Gasteiger partial charge >= 0.3 is 12.4 Å². The van der Waals surface area contributed by atoms with Crippen molar-refractivity contribution in [3.8, 4) is 6.07 Å². The summed E-state index contributed by atoms with van der Waals surface area (Å²) >= 11 is 2.89. The Labute approximate surface area is 139 Å². The molecule has 0 bridgehead atoms.